The Morgan fingerprint density at radius 3 is 2.50 bits per heavy atom. The number of aliphatic hydroxyl groups is 1. The van der Waals surface area contributed by atoms with Gasteiger partial charge in [0.25, 0.3) is 5.56 Å². The molecule has 0 saturated heterocycles. The van der Waals surface area contributed by atoms with Gasteiger partial charge in [-0.25, -0.2) is 4.68 Å². The van der Waals surface area contributed by atoms with Gasteiger partial charge in [-0.15, -0.1) is 10.2 Å². The summed E-state index contributed by atoms with van der Waals surface area (Å²) in [6.45, 7) is -0.881. The molecule has 0 fully saturated rings. The van der Waals surface area contributed by atoms with Crippen LogP contribution in [0, 0.1) is 0 Å². The van der Waals surface area contributed by atoms with E-state index >= 15 is 0 Å². The van der Waals surface area contributed by atoms with Gasteiger partial charge in [-0.3, -0.25) is 14.0 Å². The highest BCUT2D eigenvalue weighted by Crippen LogP contribution is 2.36. The summed E-state index contributed by atoms with van der Waals surface area (Å²) in [5, 5.41) is 21.5. The van der Waals surface area contributed by atoms with Crippen molar-refractivity contribution in [1.82, 2.24) is 24.4 Å². The third-order valence-electron chi connectivity index (χ3n) is 4.75. The second kappa shape index (κ2) is 8.09. The zero-order valence-electron chi connectivity index (χ0n) is 16.6. The summed E-state index contributed by atoms with van der Waals surface area (Å²) in [6.07, 6.45) is -10.7. The topological polar surface area (TPSA) is 114 Å². The molecule has 0 saturated carbocycles. The van der Waals surface area contributed by atoms with Crippen LogP contribution in [0.2, 0.25) is 0 Å². The lowest BCUT2D eigenvalue weighted by Gasteiger charge is -2.18. The predicted molar refractivity (Wildman–Crippen MR) is 104 cm³/mol. The van der Waals surface area contributed by atoms with Crippen LogP contribution in [0.15, 0.2) is 47.7 Å². The van der Waals surface area contributed by atoms with E-state index in [-0.39, 0.29) is 5.69 Å². The van der Waals surface area contributed by atoms with Gasteiger partial charge < -0.3 is 10.4 Å². The number of hydrogen-bond donors (Lipinski definition) is 2. The van der Waals surface area contributed by atoms with Crippen LogP contribution in [-0.2, 0) is 17.5 Å². The van der Waals surface area contributed by atoms with Gasteiger partial charge in [0, 0.05) is 11.6 Å². The van der Waals surface area contributed by atoms with Crippen molar-refractivity contribution in [1.29, 1.82) is 0 Å². The number of anilines is 1. The van der Waals surface area contributed by atoms with Gasteiger partial charge in [-0.2, -0.15) is 31.4 Å². The van der Waals surface area contributed by atoms with E-state index in [1.54, 1.807) is 0 Å². The normalized spacial score (nSPS) is 13.4. The van der Waals surface area contributed by atoms with E-state index < -0.39 is 58.5 Å². The fourth-order valence-electron chi connectivity index (χ4n) is 3.19. The minimum Gasteiger partial charge on any atom is -0.378 e. The van der Waals surface area contributed by atoms with E-state index in [0.717, 1.165) is 0 Å². The highest BCUT2D eigenvalue weighted by molar-refractivity contribution is 5.91. The molecule has 1 unspecified atom stereocenters. The van der Waals surface area contributed by atoms with Crippen molar-refractivity contribution in [3.63, 3.8) is 0 Å². The Hall–Kier alpha value is -4.01. The second-order valence-corrected chi connectivity index (χ2v) is 7.11. The summed E-state index contributed by atoms with van der Waals surface area (Å²) < 4.78 is 80.6. The number of halogens is 6. The lowest BCUT2D eigenvalue weighted by molar-refractivity contribution is -0.207. The average molecular weight is 486 g/mol. The first-order chi connectivity index (χ1) is 15.8. The van der Waals surface area contributed by atoms with Gasteiger partial charge in [-0.1, -0.05) is 0 Å². The van der Waals surface area contributed by atoms with E-state index in [2.05, 4.69) is 20.6 Å². The molecule has 15 heteroatoms. The van der Waals surface area contributed by atoms with Gasteiger partial charge >= 0.3 is 12.4 Å². The van der Waals surface area contributed by atoms with Crippen LogP contribution in [0.5, 0.6) is 0 Å². The van der Waals surface area contributed by atoms with Crippen LogP contribution in [0.25, 0.3) is 16.4 Å². The molecule has 0 aliphatic rings. The molecule has 3 heterocycles. The lowest BCUT2D eigenvalue weighted by Crippen LogP contribution is -2.33. The number of carbonyl (C=O) groups is 1. The molecule has 2 N–H and O–H groups in total. The number of carbonyl (C=O) groups excluding carboxylic acids is 1. The molecule has 9 nitrogen and oxygen atoms in total. The molecule has 1 atom stereocenters. The number of hydrogen-bond acceptors (Lipinski definition) is 6. The highest BCUT2D eigenvalue weighted by atomic mass is 19.4. The summed E-state index contributed by atoms with van der Waals surface area (Å²) >= 11 is 0. The van der Waals surface area contributed by atoms with E-state index in [4.69, 9.17) is 0 Å². The molecule has 0 bridgehead atoms. The van der Waals surface area contributed by atoms with E-state index in [9.17, 15) is 41.0 Å². The van der Waals surface area contributed by atoms with E-state index in [1.807, 2.05) is 0 Å². The Morgan fingerprint density at radius 1 is 1.09 bits per heavy atom. The van der Waals surface area contributed by atoms with Crippen LogP contribution < -0.4 is 10.9 Å². The first-order valence-corrected chi connectivity index (χ1v) is 9.30. The minimum atomic E-state index is -5.30. The third-order valence-corrected chi connectivity index (χ3v) is 4.75. The summed E-state index contributed by atoms with van der Waals surface area (Å²) in [6, 6.07) is 4.44. The number of rotatable bonds is 4. The average Bonchev–Trinajstić information content (AvgIpc) is 3.21. The van der Waals surface area contributed by atoms with Crippen LogP contribution in [-0.4, -0.2) is 41.6 Å². The van der Waals surface area contributed by atoms with Crippen molar-refractivity contribution in [2.75, 3.05) is 5.32 Å². The van der Waals surface area contributed by atoms with Gasteiger partial charge in [-0.05, 0) is 30.3 Å². The quantitative estimate of drug-likeness (QED) is 0.429. The maximum atomic E-state index is 13.2. The molecular formula is C19H12F6N6O3. The number of alkyl halides is 6. The molecule has 1 amide bonds. The fraction of sp³-hybridized carbons (Fsp3) is 0.211. The summed E-state index contributed by atoms with van der Waals surface area (Å²) in [5.74, 6) is -0.874. The molecule has 178 valence electrons. The summed E-state index contributed by atoms with van der Waals surface area (Å²) in [7, 11) is 0. The maximum Gasteiger partial charge on any atom is 0.420 e. The molecule has 4 aromatic rings. The van der Waals surface area contributed by atoms with Gasteiger partial charge in [0.15, 0.2) is 11.8 Å². The molecular weight excluding hydrogens is 474 g/mol. The standard InChI is InChI=1S/C19H12F6N6O3/c20-18(21,22)9-1-3-11-12(5-9)15(16(33)19(23,24)25)29-31(17(11)34)7-14(32)27-10-2-4-13-28-26-8-30(13)6-10/h1-6,8,16,33H,7H2,(H,27,32). The lowest BCUT2D eigenvalue weighted by atomic mass is 10.0. The number of nitrogens with zero attached hydrogens (tertiary/aromatic N) is 5. The Balaban J connectivity index is 1.75. The van der Waals surface area contributed by atoms with Gasteiger partial charge in [0.2, 0.25) is 5.91 Å². The molecule has 0 spiro atoms. The third kappa shape index (κ3) is 4.41. The number of fused-ring (bicyclic) bond motifs is 2. The van der Waals surface area contributed by atoms with Crippen molar-refractivity contribution >= 4 is 28.0 Å². The van der Waals surface area contributed by atoms with Gasteiger partial charge in [0.05, 0.1) is 16.6 Å². The largest absolute Gasteiger partial charge is 0.420 e. The molecule has 0 aliphatic heterocycles. The number of nitrogens with one attached hydrogen (secondary N) is 1. The van der Waals surface area contributed by atoms with Crippen molar-refractivity contribution in [2.24, 2.45) is 0 Å². The van der Waals surface area contributed by atoms with Gasteiger partial charge in [0.1, 0.15) is 18.6 Å². The monoisotopic (exact) mass is 486 g/mol. The fourth-order valence-corrected chi connectivity index (χ4v) is 3.19. The molecule has 3 aromatic heterocycles. The Labute approximate surface area is 184 Å². The van der Waals surface area contributed by atoms with Crippen LogP contribution in [0.4, 0.5) is 32.0 Å². The zero-order chi connectivity index (χ0) is 24.8. The molecule has 34 heavy (non-hydrogen) atoms. The first kappa shape index (κ1) is 23.2. The molecule has 0 aliphatic carbocycles. The van der Waals surface area contributed by atoms with Crippen molar-refractivity contribution in [3.05, 3.63) is 64.5 Å². The summed E-state index contributed by atoms with van der Waals surface area (Å²) in [4.78, 5) is 25.1. The zero-order valence-corrected chi connectivity index (χ0v) is 16.6. The molecule has 4 rings (SSSR count). The number of pyridine rings is 1. The Bertz CT molecular complexity index is 1460. The van der Waals surface area contributed by atoms with Crippen LogP contribution in [0.3, 0.4) is 0 Å². The predicted octanol–water partition coefficient (Wildman–Crippen LogP) is 2.69. The SMILES string of the molecule is O=C(Cn1nc(C(O)C(F)(F)F)c2cc(C(F)(F)F)ccc2c1=O)Nc1ccc2nncn2c1. The van der Waals surface area contributed by atoms with E-state index in [1.165, 1.54) is 29.1 Å². The number of aromatic nitrogens is 5. The van der Waals surface area contributed by atoms with Crippen LogP contribution in [0.1, 0.15) is 17.4 Å². The molecule has 0 radical (unpaired) electrons. The van der Waals surface area contributed by atoms with Crippen molar-refractivity contribution in [3.8, 4) is 0 Å². The van der Waals surface area contributed by atoms with Crippen molar-refractivity contribution < 1.29 is 36.2 Å². The van der Waals surface area contributed by atoms with E-state index in [0.29, 0.717) is 28.5 Å². The molecule has 1 aromatic carbocycles. The number of aliphatic hydroxyl groups excluding tert-OH is 1. The highest BCUT2D eigenvalue weighted by Gasteiger charge is 2.42. The smallest absolute Gasteiger partial charge is 0.378 e. The number of benzene rings is 1. The van der Waals surface area contributed by atoms with Crippen molar-refractivity contribution in [2.45, 2.75) is 25.0 Å². The second-order valence-electron chi connectivity index (χ2n) is 7.11. The van der Waals surface area contributed by atoms with Crippen LogP contribution >= 0.6 is 0 Å². The number of amides is 1. The summed E-state index contributed by atoms with van der Waals surface area (Å²) in [5.41, 5.74) is -3.00. The Kier molecular flexibility index (Phi) is 5.51. The Morgan fingerprint density at radius 2 is 1.82 bits per heavy atom. The maximum absolute atomic E-state index is 13.2. The minimum absolute atomic E-state index is 0.233. The first-order valence-electron chi connectivity index (χ1n) is 9.30.